The van der Waals surface area contributed by atoms with Gasteiger partial charge in [0.15, 0.2) is 0 Å². The van der Waals surface area contributed by atoms with E-state index in [9.17, 15) is 14.4 Å². The smallest absolute Gasteiger partial charge is 0.335 e. The van der Waals surface area contributed by atoms with Crippen LogP contribution < -0.4 is 15.0 Å². The number of ether oxygens (including phenoxy) is 1. The molecule has 35 heavy (non-hydrogen) atoms. The number of imide groups is 2. The summed E-state index contributed by atoms with van der Waals surface area (Å²) < 4.78 is 6.63. The molecule has 1 aliphatic rings. The number of carbonyl (C=O) groups excluding carboxylic acids is 3. The van der Waals surface area contributed by atoms with E-state index in [1.54, 1.807) is 30.3 Å². The standard InChI is InChI=1S/C28H25BrN2O4/c1-16-8-9-21(12-18(16)3)15-35-25-11-10-20(14-23(25)29)13-22-26(32)30-28(34)31(27(22)33)24-7-5-6-17(2)19(24)4/h5-14H,15H2,1-4H3,(H,30,32,34)/b22-13+. The summed E-state index contributed by atoms with van der Waals surface area (Å²) in [5.41, 5.74) is 6.16. The monoisotopic (exact) mass is 532 g/mol. The second-order valence-electron chi connectivity index (χ2n) is 8.57. The van der Waals surface area contributed by atoms with Gasteiger partial charge in [0.25, 0.3) is 11.8 Å². The van der Waals surface area contributed by atoms with Crippen LogP contribution in [-0.4, -0.2) is 17.8 Å². The summed E-state index contributed by atoms with van der Waals surface area (Å²) in [6, 6.07) is 16.1. The van der Waals surface area contributed by atoms with Crippen molar-refractivity contribution in [2.24, 2.45) is 0 Å². The van der Waals surface area contributed by atoms with Crippen molar-refractivity contribution in [3.05, 3.63) is 98.0 Å². The number of benzene rings is 3. The summed E-state index contributed by atoms with van der Waals surface area (Å²) in [4.78, 5) is 39.3. The third-order valence-corrected chi connectivity index (χ3v) is 6.77. The third-order valence-electron chi connectivity index (χ3n) is 6.15. The molecule has 1 saturated heterocycles. The molecule has 0 aliphatic carbocycles. The van der Waals surface area contributed by atoms with E-state index in [0.717, 1.165) is 21.6 Å². The number of barbiturate groups is 1. The zero-order valence-electron chi connectivity index (χ0n) is 19.9. The Bertz CT molecular complexity index is 1390. The average Bonchev–Trinajstić information content (AvgIpc) is 2.81. The van der Waals surface area contributed by atoms with Crippen LogP contribution in [0.4, 0.5) is 10.5 Å². The van der Waals surface area contributed by atoms with Crippen molar-refractivity contribution in [3.63, 3.8) is 0 Å². The van der Waals surface area contributed by atoms with E-state index in [0.29, 0.717) is 28.1 Å². The van der Waals surface area contributed by atoms with Crippen molar-refractivity contribution < 1.29 is 19.1 Å². The minimum atomic E-state index is -0.762. The van der Waals surface area contributed by atoms with Crippen LogP contribution in [-0.2, 0) is 16.2 Å². The minimum absolute atomic E-state index is 0.124. The van der Waals surface area contributed by atoms with E-state index in [4.69, 9.17) is 4.74 Å². The first-order chi connectivity index (χ1) is 16.7. The van der Waals surface area contributed by atoms with Gasteiger partial charge in [0.05, 0.1) is 10.2 Å². The maximum atomic E-state index is 13.2. The van der Waals surface area contributed by atoms with Gasteiger partial charge < -0.3 is 4.74 Å². The lowest BCUT2D eigenvalue weighted by atomic mass is 10.0. The summed E-state index contributed by atoms with van der Waals surface area (Å²) in [6.07, 6.45) is 1.47. The van der Waals surface area contributed by atoms with E-state index < -0.39 is 17.8 Å². The number of nitrogens with one attached hydrogen (secondary N) is 1. The molecule has 0 bridgehead atoms. The lowest BCUT2D eigenvalue weighted by molar-refractivity contribution is -0.122. The first-order valence-corrected chi connectivity index (χ1v) is 11.9. The van der Waals surface area contributed by atoms with Gasteiger partial charge in [-0.05, 0) is 101 Å². The van der Waals surface area contributed by atoms with Gasteiger partial charge in [0.2, 0.25) is 0 Å². The van der Waals surface area contributed by atoms with Gasteiger partial charge >= 0.3 is 6.03 Å². The SMILES string of the molecule is Cc1ccc(COc2ccc(/C=C3\C(=O)NC(=O)N(c4cccc(C)c4C)C3=O)cc2Br)cc1C. The van der Waals surface area contributed by atoms with Crippen LogP contribution in [0.25, 0.3) is 6.08 Å². The number of amides is 4. The highest BCUT2D eigenvalue weighted by Gasteiger charge is 2.37. The first kappa shape index (κ1) is 24.4. The molecule has 4 amide bonds. The summed E-state index contributed by atoms with van der Waals surface area (Å²) in [5.74, 6) is -0.761. The maximum absolute atomic E-state index is 13.2. The molecule has 0 aromatic heterocycles. The summed E-state index contributed by atoms with van der Waals surface area (Å²) >= 11 is 3.51. The van der Waals surface area contributed by atoms with Crippen LogP contribution in [0.2, 0.25) is 0 Å². The number of anilines is 1. The molecule has 178 valence electrons. The van der Waals surface area contributed by atoms with E-state index in [1.165, 1.54) is 17.2 Å². The number of halogens is 1. The topological polar surface area (TPSA) is 75.7 Å². The fraction of sp³-hybridized carbons (Fsp3) is 0.179. The Morgan fingerprint density at radius 2 is 1.69 bits per heavy atom. The highest BCUT2D eigenvalue weighted by molar-refractivity contribution is 9.10. The molecule has 3 aromatic carbocycles. The highest BCUT2D eigenvalue weighted by Crippen LogP contribution is 2.30. The molecule has 4 rings (SSSR count). The Morgan fingerprint density at radius 1 is 0.914 bits per heavy atom. The molecule has 0 spiro atoms. The van der Waals surface area contributed by atoms with Crippen molar-refractivity contribution in [1.29, 1.82) is 0 Å². The van der Waals surface area contributed by atoms with Crippen LogP contribution >= 0.6 is 15.9 Å². The number of hydrogen-bond acceptors (Lipinski definition) is 4. The zero-order chi connectivity index (χ0) is 25.3. The normalized spacial score (nSPS) is 14.9. The van der Waals surface area contributed by atoms with Crippen molar-refractivity contribution in [1.82, 2.24) is 5.32 Å². The molecule has 1 aliphatic heterocycles. The third kappa shape index (κ3) is 5.05. The van der Waals surface area contributed by atoms with Gasteiger partial charge in [-0.1, -0.05) is 36.4 Å². The fourth-order valence-corrected chi connectivity index (χ4v) is 4.31. The predicted molar refractivity (Wildman–Crippen MR) is 139 cm³/mol. The largest absolute Gasteiger partial charge is 0.488 e. The van der Waals surface area contributed by atoms with Gasteiger partial charge in [-0.2, -0.15) is 0 Å². The summed E-state index contributed by atoms with van der Waals surface area (Å²) in [7, 11) is 0. The number of nitrogens with zero attached hydrogens (tertiary/aromatic N) is 1. The molecule has 1 N–H and O–H groups in total. The van der Waals surface area contributed by atoms with Gasteiger partial charge in [0.1, 0.15) is 17.9 Å². The van der Waals surface area contributed by atoms with Crippen LogP contribution in [0.15, 0.2) is 64.6 Å². The number of carbonyl (C=O) groups is 3. The van der Waals surface area contributed by atoms with Crippen LogP contribution in [0.1, 0.15) is 33.4 Å². The van der Waals surface area contributed by atoms with Crippen molar-refractivity contribution in [2.45, 2.75) is 34.3 Å². The summed E-state index contributed by atoms with van der Waals surface area (Å²) in [6.45, 7) is 8.27. The maximum Gasteiger partial charge on any atom is 0.335 e. The molecule has 3 aromatic rings. The molecular weight excluding hydrogens is 508 g/mol. The number of aryl methyl sites for hydroxylation is 3. The second kappa shape index (κ2) is 9.88. The number of rotatable bonds is 5. The summed E-state index contributed by atoms with van der Waals surface area (Å²) in [5, 5.41) is 2.27. The molecule has 0 saturated carbocycles. The van der Waals surface area contributed by atoms with Gasteiger partial charge in [-0.3, -0.25) is 14.9 Å². The molecule has 1 fully saturated rings. The number of hydrogen-bond donors (Lipinski definition) is 1. The lowest BCUT2D eigenvalue weighted by Gasteiger charge is -2.28. The van der Waals surface area contributed by atoms with E-state index in [2.05, 4.69) is 47.2 Å². The highest BCUT2D eigenvalue weighted by atomic mass is 79.9. The number of urea groups is 1. The average molecular weight is 533 g/mol. The van der Waals surface area contributed by atoms with E-state index >= 15 is 0 Å². The Hall–Kier alpha value is -3.71. The first-order valence-electron chi connectivity index (χ1n) is 11.1. The molecule has 0 radical (unpaired) electrons. The lowest BCUT2D eigenvalue weighted by Crippen LogP contribution is -2.54. The van der Waals surface area contributed by atoms with Gasteiger partial charge in [-0.25, -0.2) is 9.69 Å². The Balaban J connectivity index is 1.58. The Labute approximate surface area is 212 Å². The molecular formula is C28H25BrN2O4. The molecule has 7 heteroatoms. The molecule has 1 heterocycles. The minimum Gasteiger partial charge on any atom is -0.488 e. The Kier molecular flexibility index (Phi) is 6.89. The van der Waals surface area contributed by atoms with Gasteiger partial charge in [0, 0.05) is 0 Å². The predicted octanol–water partition coefficient (Wildman–Crippen LogP) is 5.93. The fourth-order valence-electron chi connectivity index (χ4n) is 3.80. The van der Waals surface area contributed by atoms with Crippen LogP contribution in [0.5, 0.6) is 5.75 Å². The van der Waals surface area contributed by atoms with Crippen molar-refractivity contribution >= 4 is 45.5 Å². The van der Waals surface area contributed by atoms with E-state index in [1.807, 2.05) is 26.0 Å². The van der Waals surface area contributed by atoms with Crippen LogP contribution in [0, 0.1) is 27.7 Å². The van der Waals surface area contributed by atoms with Crippen molar-refractivity contribution in [3.8, 4) is 5.75 Å². The molecule has 0 atom stereocenters. The van der Waals surface area contributed by atoms with Crippen molar-refractivity contribution in [2.75, 3.05) is 4.90 Å². The molecule has 6 nitrogen and oxygen atoms in total. The van der Waals surface area contributed by atoms with Crippen LogP contribution in [0.3, 0.4) is 0 Å². The van der Waals surface area contributed by atoms with Gasteiger partial charge in [-0.15, -0.1) is 0 Å². The zero-order valence-corrected chi connectivity index (χ0v) is 21.5. The molecule has 0 unspecified atom stereocenters. The Morgan fingerprint density at radius 3 is 2.40 bits per heavy atom. The van der Waals surface area contributed by atoms with E-state index in [-0.39, 0.29) is 5.57 Å². The quantitative estimate of drug-likeness (QED) is 0.326. The second-order valence-corrected chi connectivity index (χ2v) is 9.43.